The lowest BCUT2D eigenvalue weighted by molar-refractivity contribution is 0.0753. The largest absolute Gasteiger partial charge is 0.418 e. The van der Waals surface area contributed by atoms with Crippen LogP contribution in [-0.2, 0) is 8.85 Å². The summed E-state index contributed by atoms with van der Waals surface area (Å²) in [6.45, 7) is 12.1. The molecular formula is C10H26O3Si2. The van der Waals surface area contributed by atoms with Crippen LogP contribution in [0.4, 0.5) is 0 Å². The van der Waals surface area contributed by atoms with Crippen LogP contribution in [0.25, 0.3) is 0 Å². The first kappa shape index (κ1) is 15.3. The van der Waals surface area contributed by atoms with E-state index in [1.807, 2.05) is 13.1 Å². The van der Waals surface area contributed by atoms with Crippen LogP contribution < -0.4 is 0 Å². The summed E-state index contributed by atoms with van der Waals surface area (Å²) in [6.07, 6.45) is 1.79. The molecule has 5 heteroatoms. The van der Waals surface area contributed by atoms with E-state index in [0.29, 0.717) is 0 Å². The summed E-state index contributed by atoms with van der Waals surface area (Å²) in [5, 5.41) is -0.258. The van der Waals surface area contributed by atoms with Crippen molar-refractivity contribution in [1.29, 1.82) is 0 Å². The standard InChI is InChI=1S/C10H26O3Si2/c1-8-10(9-2,13-15(6,7)11)14(4,5)12-3/h11H,8-9H2,1-7H3. The van der Waals surface area contributed by atoms with Crippen LogP contribution in [0.15, 0.2) is 0 Å². The van der Waals surface area contributed by atoms with Crippen molar-refractivity contribution in [3.05, 3.63) is 0 Å². The Labute approximate surface area is 96.2 Å². The molecule has 0 saturated carbocycles. The highest BCUT2D eigenvalue weighted by molar-refractivity contribution is 6.75. The van der Waals surface area contributed by atoms with Gasteiger partial charge in [-0.2, -0.15) is 0 Å². The van der Waals surface area contributed by atoms with Crippen LogP contribution in [0, 0.1) is 0 Å². The lowest BCUT2D eigenvalue weighted by Gasteiger charge is -2.45. The first-order chi connectivity index (χ1) is 6.64. The van der Waals surface area contributed by atoms with Gasteiger partial charge in [-0.1, -0.05) is 13.8 Å². The summed E-state index contributed by atoms with van der Waals surface area (Å²) < 4.78 is 11.7. The minimum absolute atomic E-state index is 0.258. The predicted octanol–water partition coefficient (Wildman–Crippen LogP) is 2.65. The maximum atomic E-state index is 9.96. The Morgan fingerprint density at radius 1 is 1.07 bits per heavy atom. The fourth-order valence-electron chi connectivity index (χ4n) is 2.03. The number of rotatable bonds is 6. The van der Waals surface area contributed by atoms with Crippen molar-refractivity contribution >= 4 is 16.9 Å². The molecule has 15 heavy (non-hydrogen) atoms. The molecular weight excluding hydrogens is 224 g/mol. The van der Waals surface area contributed by atoms with Gasteiger partial charge in [-0.15, -0.1) is 0 Å². The molecule has 0 aromatic heterocycles. The topological polar surface area (TPSA) is 38.7 Å². The lowest BCUT2D eigenvalue weighted by Crippen LogP contribution is -2.61. The van der Waals surface area contributed by atoms with Crippen molar-refractivity contribution in [3.63, 3.8) is 0 Å². The molecule has 0 rings (SSSR count). The quantitative estimate of drug-likeness (QED) is 0.737. The Morgan fingerprint density at radius 3 is 1.67 bits per heavy atom. The highest BCUT2D eigenvalue weighted by Gasteiger charge is 2.49. The van der Waals surface area contributed by atoms with Crippen LogP contribution in [0.5, 0.6) is 0 Å². The molecule has 0 aromatic carbocycles. The van der Waals surface area contributed by atoms with E-state index in [2.05, 4.69) is 26.9 Å². The first-order valence-electron chi connectivity index (χ1n) is 5.62. The molecule has 0 bridgehead atoms. The van der Waals surface area contributed by atoms with Gasteiger partial charge in [-0.3, -0.25) is 0 Å². The molecule has 0 aliphatic rings. The Bertz CT molecular complexity index is 195. The summed E-state index contributed by atoms with van der Waals surface area (Å²) in [7, 11) is -2.67. The van der Waals surface area contributed by atoms with Crippen molar-refractivity contribution in [2.75, 3.05) is 7.11 Å². The summed E-state index contributed by atoms with van der Waals surface area (Å²) in [5.41, 5.74) is 0. The molecule has 0 fully saturated rings. The van der Waals surface area contributed by atoms with Gasteiger partial charge in [0.15, 0.2) is 0 Å². The zero-order valence-electron chi connectivity index (χ0n) is 11.2. The molecule has 0 aliphatic carbocycles. The fraction of sp³-hybridized carbons (Fsp3) is 1.00. The van der Waals surface area contributed by atoms with Crippen molar-refractivity contribution in [2.24, 2.45) is 0 Å². The van der Waals surface area contributed by atoms with E-state index in [9.17, 15) is 4.80 Å². The molecule has 0 heterocycles. The van der Waals surface area contributed by atoms with Gasteiger partial charge in [0, 0.05) is 7.11 Å². The van der Waals surface area contributed by atoms with Gasteiger partial charge in [0.05, 0.1) is 5.22 Å². The second-order valence-electron chi connectivity index (χ2n) is 4.96. The number of hydrogen-bond donors (Lipinski definition) is 1. The summed E-state index contributed by atoms with van der Waals surface area (Å²) in [5.74, 6) is 0. The molecule has 0 spiro atoms. The van der Waals surface area contributed by atoms with Gasteiger partial charge >= 0.3 is 8.56 Å². The third-order valence-electron chi connectivity index (χ3n) is 3.19. The van der Waals surface area contributed by atoms with Crippen molar-refractivity contribution < 1.29 is 13.6 Å². The van der Waals surface area contributed by atoms with E-state index in [4.69, 9.17) is 8.85 Å². The maximum Gasteiger partial charge on any atom is 0.329 e. The second kappa shape index (κ2) is 5.10. The molecule has 0 aromatic rings. The van der Waals surface area contributed by atoms with Gasteiger partial charge in [-0.05, 0) is 39.0 Å². The van der Waals surface area contributed by atoms with Gasteiger partial charge in [0.25, 0.3) is 0 Å². The van der Waals surface area contributed by atoms with E-state index < -0.39 is 16.9 Å². The third-order valence-corrected chi connectivity index (χ3v) is 8.31. The molecule has 0 amide bonds. The van der Waals surface area contributed by atoms with Crippen LogP contribution in [0.2, 0.25) is 26.2 Å². The Balaban J connectivity index is 5.05. The Hall–Kier alpha value is 0.314. The minimum Gasteiger partial charge on any atom is -0.418 e. The van der Waals surface area contributed by atoms with E-state index in [1.54, 1.807) is 7.11 Å². The zero-order chi connectivity index (χ0) is 12.3. The Kier molecular flexibility index (Phi) is 5.20. The maximum absolute atomic E-state index is 9.96. The monoisotopic (exact) mass is 250 g/mol. The average molecular weight is 250 g/mol. The lowest BCUT2D eigenvalue weighted by atomic mass is 10.2. The molecule has 0 saturated heterocycles. The van der Waals surface area contributed by atoms with Crippen LogP contribution in [0.1, 0.15) is 26.7 Å². The van der Waals surface area contributed by atoms with Gasteiger partial charge in [0.1, 0.15) is 0 Å². The highest BCUT2D eigenvalue weighted by Crippen LogP contribution is 2.34. The van der Waals surface area contributed by atoms with Crippen LogP contribution in [0.3, 0.4) is 0 Å². The molecule has 1 N–H and O–H groups in total. The predicted molar refractivity (Wildman–Crippen MR) is 68.6 cm³/mol. The summed E-state index contributed by atoms with van der Waals surface area (Å²) in [6, 6.07) is 0. The average Bonchev–Trinajstić information content (AvgIpc) is 2.12. The molecule has 0 aliphatic heterocycles. The smallest absolute Gasteiger partial charge is 0.329 e. The minimum atomic E-state index is -2.51. The molecule has 0 radical (unpaired) electrons. The molecule has 0 unspecified atom stereocenters. The van der Waals surface area contributed by atoms with E-state index in [-0.39, 0.29) is 5.22 Å². The third kappa shape index (κ3) is 3.67. The fourth-order valence-corrected chi connectivity index (χ4v) is 7.09. The molecule has 0 atom stereocenters. The normalized spacial score (nSPS) is 14.4. The second-order valence-corrected chi connectivity index (χ2v) is 12.4. The SMILES string of the molecule is CCC(CC)(O[Si](C)(C)O)[Si](C)(C)OC. The molecule has 92 valence electrons. The van der Waals surface area contributed by atoms with Crippen molar-refractivity contribution in [3.8, 4) is 0 Å². The Morgan fingerprint density at radius 2 is 1.47 bits per heavy atom. The first-order valence-corrected chi connectivity index (χ1v) is 11.4. The van der Waals surface area contributed by atoms with Gasteiger partial charge < -0.3 is 13.6 Å². The van der Waals surface area contributed by atoms with Crippen molar-refractivity contribution in [2.45, 2.75) is 58.1 Å². The van der Waals surface area contributed by atoms with Gasteiger partial charge in [-0.25, -0.2) is 0 Å². The number of hydrogen-bond acceptors (Lipinski definition) is 3. The summed E-state index contributed by atoms with van der Waals surface area (Å²) in [4.78, 5) is 9.96. The zero-order valence-corrected chi connectivity index (χ0v) is 13.2. The summed E-state index contributed by atoms with van der Waals surface area (Å²) >= 11 is 0. The van der Waals surface area contributed by atoms with E-state index in [1.165, 1.54) is 0 Å². The van der Waals surface area contributed by atoms with Crippen LogP contribution >= 0.6 is 0 Å². The van der Waals surface area contributed by atoms with Crippen LogP contribution in [-0.4, -0.2) is 34.0 Å². The van der Waals surface area contributed by atoms with E-state index >= 15 is 0 Å². The van der Waals surface area contributed by atoms with Crippen molar-refractivity contribution in [1.82, 2.24) is 0 Å². The van der Waals surface area contributed by atoms with E-state index in [0.717, 1.165) is 12.8 Å². The molecule has 3 nitrogen and oxygen atoms in total. The highest BCUT2D eigenvalue weighted by atomic mass is 28.4. The van der Waals surface area contributed by atoms with Gasteiger partial charge in [0.2, 0.25) is 8.32 Å².